The highest BCUT2D eigenvalue weighted by atomic mass is 32.2. The van der Waals surface area contributed by atoms with Gasteiger partial charge in [0.15, 0.2) is 5.65 Å². The predicted molar refractivity (Wildman–Crippen MR) is 100 cm³/mol. The van der Waals surface area contributed by atoms with Crippen molar-refractivity contribution in [3.05, 3.63) is 42.9 Å². The van der Waals surface area contributed by atoms with Gasteiger partial charge in [0.05, 0.1) is 17.3 Å². The second kappa shape index (κ2) is 6.81. The van der Waals surface area contributed by atoms with Gasteiger partial charge in [-0.3, -0.25) is 0 Å². The van der Waals surface area contributed by atoms with Crippen LogP contribution in [0.2, 0.25) is 0 Å². The quantitative estimate of drug-likeness (QED) is 0.730. The fourth-order valence-electron chi connectivity index (χ4n) is 3.33. The third kappa shape index (κ3) is 2.86. The molecular formula is C18H21N5S. The van der Waals surface area contributed by atoms with Crippen molar-refractivity contribution in [2.75, 3.05) is 24.2 Å². The van der Waals surface area contributed by atoms with Crippen LogP contribution in [0.1, 0.15) is 19.3 Å². The molecule has 6 heteroatoms. The minimum absolute atomic E-state index is 0.668. The first-order chi connectivity index (χ1) is 11.9. The van der Waals surface area contributed by atoms with Gasteiger partial charge in [-0.25, -0.2) is 14.6 Å². The zero-order chi connectivity index (χ0) is 16.4. The summed E-state index contributed by atoms with van der Waals surface area (Å²) in [7, 11) is 0. The first-order valence-electron chi connectivity index (χ1n) is 8.38. The summed E-state index contributed by atoms with van der Waals surface area (Å²) in [6.07, 6.45) is 9.57. The van der Waals surface area contributed by atoms with Crippen LogP contribution in [-0.2, 0) is 0 Å². The molecule has 1 aliphatic rings. The lowest BCUT2D eigenvalue weighted by molar-refractivity contribution is 0.736. The molecule has 1 fully saturated rings. The normalized spacial score (nSPS) is 18.7. The van der Waals surface area contributed by atoms with Crippen LogP contribution in [0.5, 0.6) is 0 Å². The van der Waals surface area contributed by atoms with E-state index >= 15 is 0 Å². The van der Waals surface area contributed by atoms with E-state index < -0.39 is 0 Å². The molecule has 0 bridgehead atoms. The van der Waals surface area contributed by atoms with Crippen LogP contribution in [0.25, 0.3) is 16.7 Å². The van der Waals surface area contributed by atoms with Gasteiger partial charge in [0.1, 0.15) is 12.1 Å². The third-order valence-electron chi connectivity index (χ3n) is 4.61. The fraction of sp³-hybridized carbons (Fsp3) is 0.389. The van der Waals surface area contributed by atoms with Gasteiger partial charge in [0.25, 0.3) is 0 Å². The topological polar surface area (TPSA) is 46.8 Å². The average Bonchev–Trinajstić information content (AvgIpc) is 2.93. The Kier molecular flexibility index (Phi) is 4.38. The van der Waals surface area contributed by atoms with Crippen molar-refractivity contribution in [3.63, 3.8) is 0 Å². The molecule has 1 aromatic carbocycles. The van der Waals surface area contributed by atoms with E-state index in [0.29, 0.717) is 5.25 Å². The van der Waals surface area contributed by atoms with Gasteiger partial charge in [-0.15, -0.1) is 0 Å². The molecule has 5 nitrogen and oxygen atoms in total. The molecule has 2 aromatic heterocycles. The Balaban J connectivity index is 1.76. The maximum atomic E-state index is 4.60. The van der Waals surface area contributed by atoms with Crippen LogP contribution < -0.4 is 4.90 Å². The van der Waals surface area contributed by atoms with Crippen LogP contribution in [0.3, 0.4) is 0 Å². The van der Waals surface area contributed by atoms with Gasteiger partial charge in [-0.2, -0.15) is 16.9 Å². The zero-order valence-corrected chi connectivity index (χ0v) is 14.6. The lowest BCUT2D eigenvalue weighted by atomic mass is 10.2. The maximum absolute atomic E-state index is 4.60. The van der Waals surface area contributed by atoms with Crippen LogP contribution in [0.4, 0.5) is 5.82 Å². The van der Waals surface area contributed by atoms with Gasteiger partial charge < -0.3 is 4.90 Å². The van der Waals surface area contributed by atoms with Crippen molar-refractivity contribution in [1.82, 2.24) is 19.7 Å². The van der Waals surface area contributed by atoms with E-state index in [1.54, 1.807) is 6.33 Å². The Bertz CT molecular complexity index is 817. The van der Waals surface area contributed by atoms with E-state index in [1.807, 2.05) is 53.0 Å². The summed E-state index contributed by atoms with van der Waals surface area (Å²) in [6.45, 7) is 2.10. The molecule has 4 rings (SSSR count). The SMILES string of the molecule is CSC1CCCCN(c2ncnc3c2cnn3-c2ccccc2)C1. The first kappa shape index (κ1) is 15.4. The van der Waals surface area contributed by atoms with Crippen molar-refractivity contribution in [1.29, 1.82) is 0 Å². The Labute approximate surface area is 146 Å². The summed E-state index contributed by atoms with van der Waals surface area (Å²) in [5.74, 6) is 1.02. The largest absolute Gasteiger partial charge is 0.355 e. The van der Waals surface area contributed by atoms with Gasteiger partial charge in [0.2, 0.25) is 0 Å². The van der Waals surface area contributed by atoms with Crippen molar-refractivity contribution in [2.24, 2.45) is 0 Å². The molecule has 0 spiro atoms. The van der Waals surface area contributed by atoms with Crippen molar-refractivity contribution >= 4 is 28.6 Å². The minimum atomic E-state index is 0.668. The standard InChI is InChI=1S/C18H21N5S/c1-24-15-9-5-6-10-22(12-15)17-16-11-21-23(18(16)20-13-19-17)14-7-3-2-4-8-14/h2-4,7-8,11,13,15H,5-6,9-10,12H2,1H3. The molecule has 1 aliphatic heterocycles. The molecular weight excluding hydrogens is 318 g/mol. The molecule has 0 saturated carbocycles. The number of aromatic nitrogens is 4. The number of rotatable bonds is 3. The van der Waals surface area contributed by atoms with E-state index in [-0.39, 0.29) is 0 Å². The highest BCUT2D eigenvalue weighted by Crippen LogP contribution is 2.28. The lowest BCUT2D eigenvalue weighted by Gasteiger charge is -2.24. The third-order valence-corrected chi connectivity index (χ3v) is 5.66. The molecule has 0 aliphatic carbocycles. The number of nitrogens with zero attached hydrogens (tertiary/aromatic N) is 5. The van der Waals surface area contributed by atoms with Crippen LogP contribution in [-0.4, -0.2) is 44.3 Å². The number of benzene rings is 1. The summed E-state index contributed by atoms with van der Waals surface area (Å²) in [4.78, 5) is 11.5. The number of hydrogen-bond donors (Lipinski definition) is 0. The van der Waals surface area contributed by atoms with Gasteiger partial charge in [-0.1, -0.05) is 24.6 Å². The molecule has 1 atom stereocenters. The van der Waals surface area contributed by atoms with Crippen molar-refractivity contribution < 1.29 is 0 Å². The van der Waals surface area contributed by atoms with Gasteiger partial charge in [-0.05, 0) is 31.2 Å². The van der Waals surface area contributed by atoms with Crippen molar-refractivity contribution in [2.45, 2.75) is 24.5 Å². The second-order valence-corrected chi connectivity index (χ2v) is 7.26. The van der Waals surface area contributed by atoms with E-state index in [2.05, 4.69) is 26.2 Å². The Hall–Kier alpha value is -2.08. The number of thioether (sulfide) groups is 1. The Morgan fingerprint density at radius 3 is 2.83 bits per heavy atom. The highest BCUT2D eigenvalue weighted by molar-refractivity contribution is 7.99. The molecule has 124 valence electrons. The van der Waals surface area contributed by atoms with Gasteiger partial charge >= 0.3 is 0 Å². The van der Waals surface area contributed by atoms with Crippen LogP contribution in [0.15, 0.2) is 42.9 Å². The number of anilines is 1. The van der Waals surface area contributed by atoms with E-state index in [1.165, 1.54) is 19.3 Å². The highest BCUT2D eigenvalue weighted by Gasteiger charge is 2.21. The first-order valence-corrected chi connectivity index (χ1v) is 9.67. The number of fused-ring (bicyclic) bond motifs is 1. The minimum Gasteiger partial charge on any atom is -0.355 e. The lowest BCUT2D eigenvalue weighted by Crippen LogP contribution is -2.30. The average molecular weight is 339 g/mol. The summed E-state index contributed by atoms with van der Waals surface area (Å²) in [5.41, 5.74) is 1.89. The molecule has 3 heterocycles. The summed E-state index contributed by atoms with van der Waals surface area (Å²) in [6, 6.07) is 10.1. The summed E-state index contributed by atoms with van der Waals surface area (Å²) in [5, 5.41) is 6.26. The number of para-hydroxylation sites is 1. The predicted octanol–water partition coefficient (Wildman–Crippen LogP) is 3.54. The van der Waals surface area contributed by atoms with E-state index in [4.69, 9.17) is 0 Å². The second-order valence-electron chi connectivity index (χ2n) is 6.13. The molecule has 1 saturated heterocycles. The van der Waals surface area contributed by atoms with E-state index in [9.17, 15) is 0 Å². The molecule has 0 radical (unpaired) electrons. The number of hydrogen-bond acceptors (Lipinski definition) is 5. The van der Waals surface area contributed by atoms with Crippen LogP contribution >= 0.6 is 11.8 Å². The Morgan fingerprint density at radius 1 is 1.12 bits per heavy atom. The zero-order valence-electron chi connectivity index (χ0n) is 13.8. The van der Waals surface area contributed by atoms with Gasteiger partial charge in [0, 0.05) is 18.3 Å². The van der Waals surface area contributed by atoms with E-state index in [0.717, 1.165) is 35.6 Å². The molecule has 1 unspecified atom stereocenters. The maximum Gasteiger partial charge on any atom is 0.168 e. The Morgan fingerprint density at radius 2 is 2.00 bits per heavy atom. The molecule has 3 aromatic rings. The van der Waals surface area contributed by atoms with Crippen molar-refractivity contribution in [3.8, 4) is 5.69 Å². The fourth-order valence-corrected chi connectivity index (χ4v) is 4.06. The molecule has 0 amide bonds. The molecule has 0 N–H and O–H groups in total. The molecule has 24 heavy (non-hydrogen) atoms. The van der Waals surface area contributed by atoms with Crippen LogP contribution in [0, 0.1) is 0 Å². The summed E-state index contributed by atoms with van der Waals surface area (Å²) >= 11 is 1.96. The smallest absolute Gasteiger partial charge is 0.168 e. The summed E-state index contributed by atoms with van der Waals surface area (Å²) < 4.78 is 1.89. The monoisotopic (exact) mass is 339 g/mol.